The van der Waals surface area contributed by atoms with Crippen molar-refractivity contribution in [1.82, 2.24) is 9.13 Å². The van der Waals surface area contributed by atoms with E-state index in [0.29, 0.717) is 11.3 Å². The first-order valence-corrected chi connectivity index (χ1v) is 9.71. The molecular formula is C24H22N2O4. The Morgan fingerprint density at radius 3 is 2.53 bits per heavy atom. The summed E-state index contributed by atoms with van der Waals surface area (Å²) in [6.45, 7) is 1.97. The molecule has 0 amide bonds. The normalized spacial score (nSPS) is 11.2. The van der Waals surface area contributed by atoms with E-state index in [-0.39, 0.29) is 24.2 Å². The van der Waals surface area contributed by atoms with Crippen LogP contribution >= 0.6 is 0 Å². The predicted octanol–water partition coefficient (Wildman–Crippen LogP) is 3.93. The van der Waals surface area contributed by atoms with Crippen molar-refractivity contribution in [2.24, 2.45) is 7.05 Å². The van der Waals surface area contributed by atoms with E-state index in [1.807, 2.05) is 55.5 Å². The number of aromatic nitrogens is 2. The highest BCUT2D eigenvalue weighted by Gasteiger charge is 2.19. The number of rotatable bonds is 5. The van der Waals surface area contributed by atoms with Gasteiger partial charge in [0, 0.05) is 36.0 Å². The van der Waals surface area contributed by atoms with E-state index in [1.54, 1.807) is 22.4 Å². The Balaban J connectivity index is 1.92. The molecule has 6 heteroatoms. The largest absolute Gasteiger partial charge is 0.469 e. The zero-order chi connectivity index (χ0) is 21.4. The molecule has 2 aromatic heterocycles. The van der Waals surface area contributed by atoms with Crippen LogP contribution in [-0.4, -0.2) is 28.0 Å². The monoisotopic (exact) mass is 402 g/mol. The lowest BCUT2D eigenvalue weighted by Gasteiger charge is -2.10. The first-order chi connectivity index (χ1) is 14.4. The third kappa shape index (κ3) is 3.30. The summed E-state index contributed by atoms with van der Waals surface area (Å²) in [7, 11) is 3.05. The molecule has 0 aliphatic carbocycles. The van der Waals surface area contributed by atoms with Crippen molar-refractivity contribution < 1.29 is 14.3 Å². The number of benzene rings is 2. The molecule has 4 rings (SSSR count). The number of esters is 1. The van der Waals surface area contributed by atoms with Crippen molar-refractivity contribution >= 4 is 33.6 Å². The molecule has 0 spiro atoms. The number of Topliss-reactive ketones (excluding diaryl/α,β-unsaturated/α-hetero) is 1. The number of fused-ring (bicyclic) bond motifs is 2. The van der Waals surface area contributed by atoms with Crippen molar-refractivity contribution in [2.75, 3.05) is 7.11 Å². The summed E-state index contributed by atoms with van der Waals surface area (Å²) in [5.74, 6) is -0.586. The Morgan fingerprint density at radius 1 is 1.00 bits per heavy atom. The summed E-state index contributed by atoms with van der Waals surface area (Å²) in [6, 6.07) is 15.3. The fourth-order valence-electron chi connectivity index (χ4n) is 3.79. The Hall–Kier alpha value is -3.67. The summed E-state index contributed by atoms with van der Waals surface area (Å²) in [4.78, 5) is 37.5. The second-order valence-electron chi connectivity index (χ2n) is 7.39. The second kappa shape index (κ2) is 7.63. The molecule has 0 saturated carbocycles. The number of aryl methyl sites for hydroxylation is 2. The Kier molecular flexibility index (Phi) is 4.99. The molecule has 0 unspecified atom stereocenters. The van der Waals surface area contributed by atoms with E-state index in [9.17, 15) is 14.4 Å². The van der Waals surface area contributed by atoms with Gasteiger partial charge in [-0.15, -0.1) is 0 Å². The van der Waals surface area contributed by atoms with Crippen LogP contribution in [0.5, 0.6) is 0 Å². The number of para-hydroxylation sites is 1. The number of pyridine rings is 1. The van der Waals surface area contributed by atoms with Crippen LogP contribution in [0.3, 0.4) is 0 Å². The van der Waals surface area contributed by atoms with Crippen LogP contribution in [0.15, 0.2) is 59.5 Å². The zero-order valence-electron chi connectivity index (χ0n) is 17.1. The minimum Gasteiger partial charge on any atom is -0.469 e. The number of hydrogen-bond acceptors (Lipinski definition) is 4. The van der Waals surface area contributed by atoms with Gasteiger partial charge in [0.2, 0.25) is 0 Å². The number of ether oxygens (including phenoxy) is 1. The average molecular weight is 402 g/mol. The van der Waals surface area contributed by atoms with Gasteiger partial charge in [-0.05, 0) is 30.7 Å². The summed E-state index contributed by atoms with van der Waals surface area (Å²) >= 11 is 0. The molecule has 2 heterocycles. The van der Waals surface area contributed by atoms with E-state index in [0.717, 1.165) is 27.4 Å². The van der Waals surface area contributed by atoms with Crippen LogP contribution in [0.4, 0.5) is 0 Å². The van der Waals surface area contributed by atoms with Crippen LogP contribution in [0, 0.1) is 6.92 Å². The van der Waals surface area contributed by atoms with Gasteiger partial charge < -0.3 is 13.9 Å². The summed E-state index contributed by atoms with van der Waals surface area (Å²) < 4.78 is 8.04. The van der Waals surface area contributed by atoms with E-state index in [1.165, 1.54) is 7.11 Å². The second-order valence-corrected chi connectivity index (χ2v) is 7.39. The molecular weight excluding hydrogens is 380 g/mol. The van der Waals surface area contributed by atoms with Crippen molar-refractivity contribution in [3.05, 3.63) is 76.2 Å². The number of carbonyl (C=O) groups excluding carboxylic acids is 2. The van der Waals surface area contributed by atoms with E-state index in [2.05, 4.69) is 4.74 Å². The number of nitrogens with zero attached hydrogens (tertiary/aromatic N) is 2. The molecule has 0 bridgehead atoms. The maximum absolute atomic E-state index is 13.1. The van der Waals surface area contributed by atoms with Gasteiger partial charge in [0.15, 0.2) is 5.78 Å². The summed E-state index contributed by atoms with van der Waals surface area (Å²) in [6.07, 6.45) is 1.77. The van der Waals surface area contributed by atoms with Gasteiger partial charge in [-0.1, -0.05) is 30.3 Å². The van der Waals surface area contributed by atoms with Crippen LogP contribution in [0.25, 0.3) is 27.5 Å². The predicted molar refractivity (Wildman–Crippen MR) is 116 cm³/mol. The number of carbonyl (C=O) groups is 2. The van der Waals surface area contributed by atoms with Crippen LogP contribution in [0.2, 0.25) is 0 Å². The maximum atomic E-state index is 13.1. The Morgan fingerprint density at radius 2 is 1.77 bits per heavy atom. The molecule has 4 aromatic rings. The van der Waals surface area contributed by atoms with Gasteiger partial charge in [0.05, 0.1) is 24.6 Å². The van der Waals surface area contributed by atoms with E-state index >= 15 is 0 Å². The SMILES string of the molecule is COC(=O)CCC(=O)c1cn(-c2cc3ccccc3n(C)c2=O)c2cc(C)ccc12. The van der Waals surface area contributed by atoms with Crippen LogP contribution in [0.1, 0.15) is 28.8 Å². The first kappa shape index (κ1) is 19.6. The van der Waals surface area contributed by atoms with Gasteiger partial charge in [-0.2, -0.15) is 0 Å². The van der Waals surface area contributed by atoms with Crippen molar-refractivity contribution in [3.63, 3.8) is 0 Å². The topological polar surface area (TPSA) is 70.3 Å². The molecule has 0 atom stereocenters. The fourth-order valence-corrected chi connectivity index (χ4v) is 3.79. The quantitative estimate of drug-likeness (QED) is 0.375. The molecule has 30 heavy (non-hydrogen) atoms. The van der Waals surface area contributed by atoms with Gasteiger partial charge in [0.1, 0.15) is 5.69 Å². The number of methoxy groups -OCH3 is 1. The van der Waals surface area contributed by atoms with Crippen molar-refractivity contribution in [2.45, 2.75) is 19.8 Å². The lowest BCUT2D eigenvalue weighted by atomic mass is 10.0. The minimum atomic E-state index is -0.425. The minimum absolute atomic E-state index is 0.0195. The molecule has 0 fully saturated rings. The Labute approximate surface area is 173 Å². The molecule has 0 radical (unpaired) electrons. The molecule has 152 valence electrons. The number of hydrogen-bond donors (Lipinski definition) is 0. The smallest absolute Gasteiger partial charge is 0.305 e. The fraction of sp³-hybridized carbons (Fsp3) is 0.208. The molecule has 0 saturated heterocycles. The highest BCUT2D eigenvalue weighted by molar-refractivity contribution is 6.09. The maximum Gasteiger partial charge on any atom is 0.305 e. The third-order valence-corrected chi connectivity index (χ3v) is 5.42. The zero-order valence-corrected chi connectivity index (χ0v) is 17.1. The van der Waals surface area contributed by atoms with E-state index < -0.39 is 5.97 Å². The average Bonchev–Trinajstić information content (AvgIpc) is 3.12. The molecule has 0 aliphatic heterocycles. The van der Waals surface area contributed by atoms with Crippen LogP contribution in [-0.2, 0) is 16.6 Å². The highest BCUT2D eigenvalue weighted by atomic mass is 16.5. The first-order valence-electron chi connectivity index (χ1n) is 9.71. The van der Waals surface area contributed by atoms with Gasteiger partial charge >= 0.3 is 5.97 Å². The lowest BCUT2D eigenvalue weighted by Crippen LogP contribution is -2.22. The Bertz CT molecular complexity index is 1360. The van der Waals surface area contributed by atoms with Gasteiger partial charge in [-0.3, -0.25) is 14.4 Å². The van der Waals surface area contributed by atoms with Gasteiger partial charge in [-0.25, -0.2) is 0 Å². The van der Waals surface area contributed by atoms with Crippen LogP contribution < -0.4 is 5.56 Å². The highest BCUT2D eigenvalue weighted by Crippen LogP contribution is 2.27. The molecule has 6 nitrogen and oxygen atoms in total. The molecule has 0 aliphatic rings. The summed E-state index contributed by atoms with van der Waals surface area (Å²) in [5.41, 5.74) is 3.45. The molecule has 2 aromatic carbocycles. The standard InChI is InChI=1S/C24H22N2O4/c1-15-8-9-17-18(22(27)10-11-23(28)30-3)14-26(20(17)12-15)21-13-16-6-4-5-7-19(16)25(2)24(21)29/h4-9,12-14H,10-11H2,1-3H3. The van der Waals surface area contributed by atoms with E-state index in [4.69, 9.17) is 0 Å². The van der Waals surface area contributed by atoms with Crippen molar-refractivity contribution in [1.29, 1.82) is 0 Å². The summed E-state index contributed by atoms with van der Waals surface area (Å²) in [5, 5.41) is 1.69. The molecule has 0 N–H and O–H groups in total. The lowest BCUT2D eigenvalue weighted by molar-refractivity contribution is -0.140. The van der Waals surface area contributed by atoms with Crippen molar-refractivity contribution in [3.8, 4) is 5.69 Å². The number of ketones is 1. The van der Waals surface area contributed by atoms with Gasteiger partial charge in [0.25, 0.3) is 5.56 Å². The third-order valence-electron chi connectivity index (χ3n) is 5.42.